The van der Waals surface area contributed by atoms with Crippen LogP contribution in [0.5, 0.6) is 0 Å². The number of carbonyl (C=O) groups excluding carboxylic acids is 1. The Morgan fingerprint density at radius 3 is 2.46 bits per heavy atom. The zero-order valence-corrected chi connectivity index (χ0v) is 13.7. The number of benzene rings is 1. The molecule has 0 atom stereocenters. The molecule has 0 saturated carbocycles. The Balaban J connectivity index is 1.92. The Kier molecular flexibility index (Phi) is 5.51. The highest BCUT2D eigenvalue weighted by molar-refractivity contribution is 6.32. The Bertz CT molecular complexity index is 727. The minimum absolute atomic E-state index is 0.0534. The number of hydrogen-bond acceptors (Lipinski definition) is 3. The van der Waals surface area contributed by atoms with Crippen molar-refractivity contribution in [1.82, 2.24) is 15.3 Å². The van der Waals surface area contributed by atoms with E-state index in [1.54, 1.807) is 0 Å². The smallest absolute Gasteiger partial charge is 0.271 e. The Morgan fingerprint density at radius 2 is 1.92 bits per heavy atom. The van der Waals surface area contributed by atoms with E-state index in [1.165, 1.54) is 6.92 Å². The largest absolute Gasteiger partial charge is 0.436 e. The van der Waals surface area contributed by atoms with Gasteiger partial charge in [0.15, 0.2) is 5.69 Å². The van der Waals surface area contributed by atoms with Gasteiger partial charge >= 0.3 is 6.18 Å². The highest BCUT2D eigenvalue weighted by Crippen LogP contribution is 2.35. The first kappa shape index (κ1) is 18.3. The van der Waals surface area contributed by atoms with Gasteiger partial charge in [-0.15, -0.1) is 0 Å². The average Bonchev–Trinajstić information content (AvgIpc) is 2.77. The molecule has 0 fully saturated rings. The Hall–Kier alpha value is -2.06. The van der Waals surface area contributed by atoms with E-state index in [2.05, 4.69) is 10.6 Å². The predicted molar refractivity (Wildman–Crippen MR) is 81.1 cm³/mol. The van der Waals surface area contributed by atoms with Gasteiger partial charge in [-0.2, -0.15) is 18.3 Å². The molecule has 0 spiro atoms. The average molecular weight is 362 g/mol. The number of hydrogen-bond donors (Lipinski definition) is 1. The molecule has 1 aromatic heterocycles. The van der Waals surface area contributed by atoms with Crippen molar-refractivity contribution in [3.8, 4) is 0 Å². The van der Waals surface area contributed by atoms with Crippen LogP contribution in [0.2, 0.25) is 5.02 Å². The first-order chi connectivity index (χ1) is 11.2. The number of aromatic nitrogens is 2. The predicted octanol–water partition coefficient (Wildman–Crippen LogP) is 3.42. The molecule has 0 bridgehead atoms. The van der Waals surface area contributed by atoms with Crippen molar-refractivity contribution in [1.29, 1.82) is 0 Å². The molecule has 0 unspecified atom stereocenters. The molecular formula is C15H15ClF3N3O2. The molecule has 0 radical (unpaired) electrons. The van der Waals surface area contributed by atoms with Crippen molar-refractivity contribution < 1.29 is 22.8 Å². The number of alkyl halides is 3. The van der Waals surface area contributed by atoms with Crippen molar-refractivity contribution in [2.75, 3.05) is 0 Å². The summed E-state index contributed by atoms with van der Waals surface area (Å²) in [5.41, 5.74) is 2.94. The lowest BCUT2D eigenvalue weighted by molar-refractivity contribution is -0.142. The molecule has 2 aromatic rings. The van der Waals surface area contributed by atoms with E-state index in [1.807, 2.05) is 31.2 Å². The molecular weight excluding hydrogens is 347 g/mol. The maximum atomic E-state index is 12.7. The third-order valence-electron chi connectivity index (χ3n) is 3.24. The fourth-order valence-corrected chi connectivity index (χ4v) is 2.15. The van der Waals surface area contributed by atoms with Gasteiger partial charge in [0.2, 0.25) is 0 Å². The van der Waals surface area contributed by atoms with Gasteiger partial charge in [-0.1, -0.05) is 41.4 Å². The van der Waals surface area contributed by atoms with Crippen molar-refractivity contribution in [3.05, 3.63) is 51.8 Å². The van der Waals surface area contributed by atoms with Gasteiger partial charge in [-0.3, -0.25) is 14.3 Å². The standard InChI is InChI=1S/C15H15ClF3N3O2/c1-9-3-5-11(6-4-9)8-24-21-12(23)7-22-10(2)13(16)14(20-22)15(17,18)19/h3-6H,7-8H2,1-2H3,(H,21,23). The molecule has 0 aliphatic rings. The van der Waals surface area contributed by atoms with Gasteiger partial charge in [0.25, 0.3) is 5.91 Å². The van der Waals surface area contributed by atoms with E-state index in [4.69, 9.17) is 16.4 Å². The SMILES string of the molecule is Cc1ccc(CONC(=O)Cn2nc(C(F)(F)F)c(Cl)c2C)cc1. The van der Waals surface area contributed by atoms with E-state index >= 15 is 0 Å². The summed E-state index contributed by atoms with van der Waals surface area (Å²) < 4.78 is 39.0. The molecule has 0 saturated heterocycles. The maximum Gasteiger partial charge on any atom is 0.436 e. The van der Waals surface area contributed by atoms with Crippen LogP contribution in [0.4, 0.5) is 13.2 Å². The van der Waals surface area contributed by atoms with Crippen LogP contribution in [-0.2, 0) is 29.0 Å². The molecule has 5 nitrogen and oxygen atoms in total. The van der Waals surface area contributed by atoms with Crippen LogP contribution in [0.3, 0.4) is 0 Å². The number of rotatable bonds is 5. The quantitative estimate of drug-likeness (QED) is 0.830. The van der Waals surface area contributed by atoms with E-state index < -0.39 is 29.3 Å². The third kappa shape index (κ3) is 4.48. The number of carbonyl (C=O) groups is 1. The van der Waals surface area contributed by atoms with E-state index in [9.17, 15) is 18.0 Å². The summed E-state index contributed by atoms with van der Waals surface area (Å²) in [5.74, 6) is -0.641. The molecule has 1 aromatic carbocycles. The van der Waals surface area contributed by atoms with Crippen LogP contribution < -0.4 is 5.48 Å². The summed E-state index contributed by atoms with van der Waals surface area (Å²) in [6.07, 6.45) is -4.68. The van der Waals surface area contributed by atoms with Crippen molar-refractivity contribution >= 4 is 17.5 Å². The van der Waals surface area contributed by atoms with E-state index in [0.717, 1.165) is 15.8 Å². The summed E-state index contributed by atoms with van der Waals surface area (Å²) in [6.45, 7) is 3.00. The van der Waals surface area contributed by atoms with Gasteiger partial charge in [0.1, 0.15) is 6.54 Å². The van der Waals surface area contributed by atoms with Crippen LogP contribution >= 0.6 is 11.6 Å². The van der Waals surface area contributed by atoms with Crippen molar-refractivity contribution in [2.24, 2.45) is 0 Å². The minimum atomic E-state index is -4.68. The third-order valence-corrected chi connectivity index (χ3v) is 3.69. The summed E-state index contributed by atoms with van der Waals surface area (Å²) in [6, 6.07) is 7.48. The molecule has 9 heteroatoms. The molecule has 24 heavy (non-hydrogen) atoms. The second-order valence-electron chi connectivity index (χ2n) is 5.20. The first-order valence-corrected chi connectivity index (χ1v) is 7.32. The van der Waals surface area contributed by atoms with Gasteiger partial charge in [-0.25, -0.2) is 5.48 Å². The number of amides is 1. The van der Waals surface area contributed by atoms with Crippen molar-refractivity contribution in [2.45, 2.75) is 33.2 Å². The number of nitrogens with one attached hydrogen (secondary N) is 1. The summed E-state index contributed by atoms with van der Waals surface area (Å²) in [4.78, 5) is 16.8. The second-order valence-corrected chi connectivity index (χ2v) is 5.58. The van der Waals surface area contributed by atoms with Gasteiger partial charge in [0.05, 0.1) is 17.3 Å². The van der Waals surface area contributed by atoms with Crippen LogP contribution in [-0.4, -0.2) is 15.7 Å². The lowest BCUT2D eigenvalue weighted by Crippen LogP contribution is -2.28. The minimum Gasteiger partial charge on any atom is -0.271 e. The zero-order valence-electron chi connectivity index (χ0n) is 12.9. The van der Waals surface area contributed by atoms with Gasteiger partial charge in [0, 0.05) is 0 Å². The number of nitrogens with zero attached hydrogens (tertiary/aromatic N) is 2. The monoisotopic (exact) mass is 361 g/mol. The van der Waals surface area contributed by atoms with Crippen LogP contribution in [0.25, 0.3) is 0 Å². The topological polar surface area (TPSA) is 56.1 Å². The zero-order chi connectivity index (χ0) is 17.9. The first-order valence-electron chi connectivity index (χ1n) is 6.94. The van der Waals surface area contributed by atoms with Crippen molar-refractivity contribution in [3.63, 3.8) is 0 Å². The normalized spacial score (nSPS) is 11.6. The van der Waals surface area contributed by atoms with E-state index in [0.29, 0.717) is 0 Å². The summed E-state index contributed by atoms with van der Waals surface area (Å²) in [5, 5.41) is 2.82. The highest BCUT2D eigenvalue weighted by Gasteiger charge is 2.38. The highest BCUT2D eigenvalue weighted by atomic mass is 35.5. The fraction of sp³-hybridized carbons (Fsp3) is 0.333. The molecule has 1 amide bonds. The number of hydroxylamine groups is 1. The molecule has 2 rings (SSSR count). The number of halogens is 4. The van der Waals surface area contributed by atoms with E-state index in [-0.39, 0.29) is 12.3 Å². The molecule has 1 N–H and O–H groups in total. The second kappa shape index (κ2) is 7.23. The molecule has 0 aliphatic carbocycles. The van der Waals surface area contributed by atoms with Gasteiger partial charge < -0.3 is 0 Å². The molecule has 130 valence electrons. The lowest BCUT2D eigenvalue weighted by Gasteiger charge is -2.07. The van der Waals surface area contributed by atoms with Gasteiger partial charge in [-0.05, 0) is 19.4 Å². The van der Waals surface area contributed by atoms with Crippen LogP contribution in [0.15, 0.2) is 24.3 Å². The summed E-state index contributed by atoms with van der Waals surface area (Å²) >= 11 is 5.61. The summed E-state index contributed by atoms with van der Waals surface area (Å²) in [7, 11) is 0. The Morgan fingerprint density at radius 1 is 1.29 bits per heavy atom. The Labute approximate surface area is 141 Å². The fourth-order valence-electron chi connectivity index (χ4n) is 1.91. The van der Waals surface area contributed by atoms with Crippen LogP contribution in [0.1, 0.15) is 22.5 Å². The number of aryl methyl sites for hydroxylation is 1. The lowest BCUT2D eigenvalue weighted by atomic mass is 10.2. The van der Waals surface area contributed by atoms with Crippen LogP contribution in [0, 0.1) is 13.8 Å². The molecule has 0 aliphatic heterocycles. The molecule has 1 heterocycles. The maximum absolute atomic E-state index is 12.7.